The summed E-state index contributed by atoms with van der Waals surface area (Å²) < 4.78 is 13.1. The van der Waals surface area contributed by atoms with Gasteiger partial charge in [0.2, 0.25) is 0 Å². The number of hydrogen-bond donors (Lipinski definition) is 3. The maximum absolute atomic E-state index is 12.4. The Morgan fingerprint density at radius 2 is 1.94 bits per heavy atom. The fourth-order valence-corrected chi connectivity index (χ4v) is 3.54. The van der Waals surface area contributed by atoms with Crippen molar-refractivity contribution in [2.24, 2.45) is 7.05 Å². The van der Waals surface area contributed by atoms with Gasteiger partial charge in [0.05, 0.1) is 25.3 Å². The summed E-state index contributed by atoms with van der Waals surface area (Å²) in [4.78, 5) is 18.0. The normalized spacial score (nSPS) is 21.8. The number of imidazole rings is 1. The Bertz CT molecular complexity index is 877. The lowest BCUT2D eigenvalue weighted by atomic mass is 10.0. The van der Waals surface area contributed by atoms with Gasteiger partial charge in [-0.3, -0.25) is 0 Å². The van der Waals surface area contributed by atoms with E-state index in [0.29, 0.717) is 19.6 Å². The summed E-state index contributed by atoms with van der Waals surface area (Å²) in [5.74, 6) is 1.59. The van der Waals surface area contributed by atoms with Crippen molar-refractivity contribution in [1.82, 2.24) is 19.8 Å². The molecule has 2 aromatic rings. The molecule has 1 amide bonds. The predicted octanol–water partition coefficient (Wildman–Crippen LogP) is 1.82. The molecular weight excluding hydrogens is 412 g/mol. The van der Waals surface area contributed by atoms with Crippen molar-refractivity contribution in [2.75, 3.05) is 13.1 Å². The zero-order chi connectivity index (χ0) is 23.3. The summed E-state index contributed by atoms with van der Waals surface area (Å²) in [7, 11) is 1.92. The van der Waals surface area contributed by atoms with Gasteiger partial charge in [0.1, 0.15) is 23.8 Å². The Morgan fingerprint density at radius 3 is 2.56 bits per heavy atom. The highest BCUT2D eigenvalue weighted by Gasteiger charge is 2.33. The third-order valence-corrected chi connectivity index (χ3v) is 5.26. The van der Waals surface area contributed by atoms with Crippen molar-refractivity contribution in [3.8, 4) is 5.75 Å². The Kier molecular flexibility index (Phi) is 7.76. The number of likely N-dealkylation sites (tertiary alicyclic amines) is 1. The summed E-state index contributed by atoms with van der Waals surface area (Å²) in [6, 6.07) is 7.34. The van der Waals surface area contributed by atoms with Crippen molar-refractivity contribution >= 4 is 6.09 Å². The van der Waals surface area contributed by atoms with Crippen LogP contribution in [0.3, 0.4) is 0 Å². The average molecular weight is 447 g/mol. The number of aliphatic hydroxyl groups is 2. The van der Waals surface area contributed by atoms with Gasteiger partial charge in [0.15, 0.2) is 0 Å². The summed E-state index contributed by atoms with van der Waals surface area (Å²) in [6.45, 7) is 6.50. The SMILES string of the molecule is Cn1ccnc1COc1ccc(CN[C@@H]2C[C@@H](O)CN(C(=O)OC(C)(C)C)C[C@H]2O)cc1. The fraction of sp³-hybridized carbons (Fsp3) is 0.565. The van der Waals surface area contributed by atoms with E-state index in [0.717, 1.165) is 17.1 Å². The van der Waals surface area contributed by atoms with Gasteiger partial charge >= 0.3 is 6.09 Å². The quantitative estimate of drug-likeness (QED) is 0.621. The van der Waals surface area contributed by atoms with E-state index in [1.54, 1.807) is 27.0 Å². The molecule has 1 aliphatic heterocycles. The van der Waals surface area contributed by atoms with Gasteiger partial charge in [-0.1, -0.05) is 12.1 Å². The summed E-state index contributed by atoms with van der Waals surface area (Å²) in [5.41, 5.74) is 0.383. The highest BCUT2D eigenvalue weighted by Crippen LogP contribution is 2.18. The second-order valence-corrected chi connectivity index (χ2v) is 9.22. The van der Waals surface area contributed by atoms with Gasteiger partial charge in [-0.05, 0) is 44.9 Å². The number of aryl methyl sites for hydroxylation is 1. The van der Waals surface area contributed by atoms with Crippen LogP contribution in [0.2, 0.25) is 0 Å². The van der Waals surface area contributed by atoms with E-state index >= 15 is 0 Å². The molecule has 1 saturated heterocycles. The van der Waals surface area contributed by atoms with Gasteiger partial charge in [-0.15, -0.1) is 0 Å². The topological polar surface area (TPSA) is 109 Å². The minimum atomic E-state index is -0.819. The smallest absolute Gasteiger partial charge is 0.410 e. The molecule has 0 aliphatic carbocycles. The molecule has 1 aromatic heterocycles. The van der Waals surface area contributed by atoms with Crippen molar-refractivity contribution < 1.29 is 24.5 Å². The number of aliphatic hydroxyl groups excluding tert-OH is 2. The van der Waals surface area contributed by atoms with Crippen LogP contribution in [0.25, 0.3) is 0 Å². The lowest BCUT2D eigenvalue weighted by Crippen LogP contribution is -2.46. The number of nitrogens with one attached hydrogen (secondary N) is 1. The maximum Gasteiger partial charge on any atom is 0.410 e. The van der Waals surface area contributed by atoms with Crippen molar-refractivity contribution in [1.29, 1.82) is 0 Å². The van der Waals surface area contributed by atoms with Crippen molar-refractivity contribution in [2.45, 2.75) is 64.2 Å². The molecule has 1 aromatic carbocycles. The van der Waals surface area contributed by atoms with Gasteiger partial charge in [-0.25, -0.2) is 9.78 Å². The molecular formula is C23H34N4O5. The van der Waals surface area contributed by atoms with E-state index in [4.69, 9.17) is 9.47 Å². The first-order chi connectivity index (χ1) is 15.1. The van der Waals surface area contributed by atoms with E-state index < -0.39 is 23.9 Å². The summed E-state index contributed by atoms with van der Waals surface area (Å²) in [6.07, 6.45) is 1.85. The number of rotatable bonds is 6. The first-order valence-corrected chi connectivity index (χ1v) is 10.9. The number of amides is 1. The first kappa shape index (κ1) is 24.0. The number of carbonyl (C=O) groups excluding carboxylic acids is 1. The van der Waals surface area contributed by atoms with Crippen LogP contribution in [-0.2, 0) is 24.9 Å². The van der Waals surface area contributed by atoms with Crippen molar-refractivity contribution in [3.05, 3.63) is 48.0 Å². The Balaban J connectivity index is 1.51. The van der Waals surface area contributed by atoms with Crippen LogP contribution >= 0.6 is 0 Å². The molecule has 176 valence electrons. The second kappa shape index (κ2) is 10.3. The Labute approximate surface area is 189 Å². The van der Waals surface area contributed by atoms with E-state index in [9.17, 15) is 15.0 Å². The lowest BCUT2D eigenvalue weighted by Gasteiger charge is -2.28. The second-order valence-electron chi connectivity index (χ2n) is 9.22. The number of nitrogens with zero attached hydrogens (tertiary/aromatic N) is 3. The minimum absolute atomic E-state index is 0.101. The van der Waals surface area contributed by atoms with Crippen LogP contribution in [0.15, 0.2) is 36.7 Å². The molecule has 3 N–H and O–H groups in total. The van der Waals surface area contributed by atoms with Gasteiger partial charge in [-0.2, -0.15) is 0 Å². The molecule has 9 heteroatoms. The number of benzene rings is 1. The van der Waals surface area contributed by atoms with Crippen LogP contribution in [0.1, 0.15) is 38.6 Å². The number of carbonyl (C=O) groups is 1. The third-order valence-electron chi connectivity index (χ3n) is 5.26. The first-order valence-electron chi connectivity index (χ1n) is 10.9. The van der Waals surface area contributed by atoms with Crippen LogP contribution in [0, 0.1) is 0 Å². The summed E-state index contributed by atoms with van der Waals surface area (Å²) in [5, 5.41) is 24.3. The zero-order valence-corrected chi connectivity index (χ0v) is 19.2. The number of β-amino-alcohol motifs (C(OH)–C–C–N with tert-alkyl or cyclic N) is 2. The molecule has 0 bridgehead atoms. The van der Waals surface area contributed by atoms with Crippen LogP contribution in [0.5, 0.6) is 5.75 Å². The van der Waals surface area contributed by atoms with Crippen LogP contribution < -0.4 is 10.1 Å². The highest BCUT2D eigenvalue weighted by molar-refractivity contribution is 5.68. The average Bonchev–Trinajstić information content (AvgIpc) is 3.06. The molecule has 3 atom stereocenters. The molecule has 2 heterocycles. The van der Waals surface area contributed by atoms with E-state index in [1.165, 1.54) is 4.90 Å². The molecule has 9 nitrogen and oxygen atoms in total. The highest BCUT2D eigenvalue weighted by atomic mass is 16.6. The zero-order valence-electron chi connectivity index (χ0n) is 19.2. The number of hydrogen-bond acceptors (Lipinski definition) is 7. The fourth-order valence-electron chi connectivity index (χ4n) is 3.54. The molecule has 32 heavy (non-hydrogen) atoms. The van der Waals surface area contributed by atoms with Crippen LogP contribution in [-0.4, -0.2) is 67.7 Å². The molecule has 0 unspecified atom stereocenters. The Hall–Kier alpha value is -2.62. The molecule has 1 fully saturated rings. The van der Waals surface area contributed by atoms with Gasteiger partial charge in [0.25, 0.3) is 0 Å². The predicted molar refractivity (Wildman–Crippen MR) is 119 cm³/mol. The standard InChI is InChI=1S/C23H34N4O5/c1-23(2,3)32-22(30)27-13-17(28)11-19(20(29)14-27)25-12-16-5-7-18(8-6-16)31-15-21-24-9-10-26(21)4/h5-10,17,19-20,25,28-29H,11-15H2,1-4H3/t17-,19-,20-/m1/s1. The summed E-state index contributed by atoms with van der Waals surface area (Å²) >= 11 is 0. The largest absolute Gasteiger partial charge is 0.486 e. The molecule has 0 spiro atoms. The number of ether oxygens (including phenoxy) is 2. The Morgan fingerprint density at radius 1 is 1.22 bits per heavy atom. The van der Waals surface area contributed by atoms with Crippen LogP contribution in [0.4, 0.5) is 4.79 Å². The van der Waals surface area contributed by atoms with E-state index in [1.807, 2.05) is 42.1 Å². The van der Waals surface area contributed by atoms with Crippen molar-refractivity contribution in [3.63, 3.8) is 0 Å². The lowest BCUT2D eigenvalue weighted by molar-refractivity contribution is 0.0104. The van der Waals surface area contributed by atoms with Gasteiger partial charge < -0.3 is 34.5 Å². The van der Waals surface area contributed by atoms with E-state index in [2.05, 4.69) is 10.3 Å². The minimum Gasteiger partial charge on any atom is -0.486 e. The maximum atomic E-state index is 12.4. The van der Waals surface area contributed by atoms with Gasteiger partial charge in [0, 0.05) is 32.0 Å². The third kappa shape index (κ3) is 6.94. The molecule has 0 saturated carbocycles. The number of aromatic nitrogens is 2. The monoisotopic (exact) mass is 446 g/mol. The molecule has 1 aliphatic rings. The molecule has 0 radical (unpaired) electrons. The molecule has 3 rings (SSSR count). The van der Waals surface area contributed by atoms with E-state index in [-0.39, 0.29) is 19.1 Å².